The molecule has 134 valence electrons. The van der Waals surface area contributed by atoms with Crippen LogP contribution in [-0.2, 0) is 11.9 Å². The summed E-state index contributed by atoms with van der Waals surface area (Å²) in [6.07, 6.45) is 0. The van der Waals surface area contributed by atoms with Gasteiger partial charge >= 0.3 is 5.69 Å². The van der Waals surface area contributed by atoms with Crippen molar-refractivity contribution in [3.8, 4) is 5.69 Å². The maximum Gasteiger partial charge on any atom is 0.368 e. The maximum absolute atomic E-state index is 12.3. The van der Waals surface area contributed by atoms with Crippen LogP contribution in [0, 0.1) is 6.92 Å². The molecule has 26 heavy (non-hydrogen) atoms. The third kappa shape index (κ3) is 3.14. The van der Waals surface area contributed by atoms with Crippen LogP contribution in [-0.4, -0.2) is 19.8 Å². The molecule has 0 bridgehead atoms. The van der Waals surface area contributed by atoms with Crippen molar-refractivity contribution in [3.05, 3.63) is 74.7 Å². The molecule has 0 saturated heterocycles. The van der Waals surface area contributed by atoms with Crippen molar-refractivity contribution < 1.29 is 4.84 Å². The van der Waals surface area contributed by atoms with Crippen LogP contribution in [0.3, 0.4) is 0 Å². The zero-order chi connectivity index (χ0) is 18.8. The minimum Gasteiger partial charge on any atom is -0.410 e. The lowest BCUT2D eigenvalue weighted by Gasteiger charge is -2.15. The highest BCUT2D eigenvalue weighted by atomic mass is 35.5. The summed E-state index contributed by atoms with van der Waals surface area (Å²) in [5.41, 5.74) is 3.31. The zero-order valence-corrected chi connectivity index (χ0v) is 15.4. The summed E-state index contributed by atoms with van der Waals surface area (Å²) >= 11 is 6.43. The maximum atomic E-state index is 12.3. The van der Waals surface area contributed by atoms with Crippen molar-refractivity contribution >= 4 is 22.9 Å². The van der Waals surface area contributed by atoms with Crippen LogP contribution in [0.4, 0.5) is 0 Å². The summed E-state index contributed by atoms with van der Waals surface area (Å²) in [4.78, 5) is 17.5. The molecular formula is C18H18ClN5O2. The lowest BCUT2D eigenvalue weighted by atomic mass is 10.00. The molecular weight excluding hydrogens is 354 g/mol. The van der Waals surface area contributed by atoms with Crippen molar-refractivity contribution in [2.45, 2.75) is 13.8 Å². The van der Waals surface area contributed by atoms with E-state index >= 15 is 0 Å². The van der Waals surface area contributed by atoms with Gasteiger partial charge in [0.05, 0.1) is 16.3 Å². The van der Waals surface area contributed by atoms with E-state index in [0.29, 0.717) is 22.0 Å². The van der Waals surface area contributed by atoms with Gasteiger partial charge in [0.1, 0.15) is 0 Å². The Balaban J connectivity index is 2.29. The Morgan fingerprint density at radius 2 is 1.92 bits per heavy atom. The summed E-state index contributed by atoms with van der Waals surface area (Å²) in [7, 11) is 1.52. The Hall–Kier alpha value is -2.90. The van der Waals surface area contributed by atoms with E-state index in [1.165, 1.54) is 7.05 Å². The van der Waals surface area contributed by atoms with Gasteiger partial charge in [-0.25, -0.2) is 4.79 Å². The predicted octanol–water partition coefficient (Wildman–Crippen LogP) is 2.71. The molecule has 0 aliphatic carbocycles. The van der Waals surface area contributed by atoms with Crippen LogP contribution in [0.15, 0.2) is 47.3 Å². The summed E-state index contributed by atoms with van der Waals surface area (Å²) in [5, 5.41) is 8.02. The smallest absolute Gasteiger partial charge is 0.368 e. The van der Waals surface area contributed by atoms with Crippen molar-refractivity contribution in [2.24, 2.45) is 12.9 Å². The number of halogens is 1. The average Bonchev–Trinajstić information content (AvgIpc) is 2.96. The first-order valence-corrected chi connectivity index (χ1v) is 8.24. The minimum atomic E-state index is -0.405. The molecule has 0 fully saturated rings. The van der Waals surface area contributed by atoms with Gasteiger partial charge in [-0.05, 0) is 42.0 Å². The van der Waals surface area contributed by atoms with Gasteiger partial charge in [0.2, 0.25) is 0 Å². The largest absolute Gasteiger partial charge is 0.410 e. The van der Waals surface area contributed by atoms with Crippen LogP contribution in [0.25, 0.3) is 17.0 Å². The molecule has 7 nitrogen and oxygen atoms in total. The van der Waals surface area contributed by atoms with Gasteiger partial charge in [0.25, 0.3) is 0 Å². The third-order valence-electron chi connectivity index (χ3n) is 4.08. The Labute approximate surface area is 155 Å². The summed E-state index contributed by atoms with van der Waals surface area (Å²) < 4.78 is 2.29. The van der Waals surface area contributed by atoms with Crippen molar-refractivity contribution in [2.75, 3.05) is 0 Å². The normalized spacial score (nSPS) is 12.0. The molecule has 1 aromatic heterocycles. The van der Waals surface area contributed by atoms with Crippen LogP contribution in [0.2, 0.25) is 5.02 Å². The molecule has 0 amide bonds. The Morgan fingerprint density at radius 3 is 2.54 bits per heavy atom. The highest BCUT2D eigenvalue weighted by Crippen LogP contribution is 2.34. The topological polar surface area (TPSA) is 88.0 Å². The second-order valence-electron chi connectivity index (χ2n) is 5.87. The number of benzene rings is 2. The molecule has 0 aliphatic rings. The van der Waals surface area contributed by atoms with Gasteiger partial charge in [-0.1, -0.05) is 47.5 Å². The minimum absolute atomic E-state index is 0.355. The van der Waals surface area contributed by atoms with Crippen molar-refractivity contribution in [3.63, 3.8) is 0 Å². The van der Waals surface area contributed by atoms with Crippen LogP contribution in [0.1, 0.15) is 23.6 Å². The third-order valence-corrected chi connectivity index (χ3v) is 4.39. The SMILES string of the molecule is C/C(=C(\ON)c1c(Cl)cccc1-n1nnn(C)c1=O)c1cccc(C)c1. The second kappa shape index (κ2) is 7.15. The Bertz CT molecular complexity index is 1050. The van der Waals surface area contributed by atoms with Gasteiger partial charge in [0.15, 0.2) is 5.76 Å². The number of aromatic nitrogens is 4. The number of nitrogens with zero attached hydrogens (tertiary/aromatic N) is 4. The molecule has 8 heteroatoms. The number of nitrogens with two attached hydrogens (primary N) is 1. The number of tetrazole rings is 1. The number of hydrogen-bond acceptors (Lipinski definition) is 5. The zero-order valence-electron chi connectivity index (χ0n) is 14.6. The molecule has 0 aliphatic heterocycles. The molecule has 2 N–H and O–H groups in total. The lowest BCUT2D eigenvalue weighted by Crippen LogP contribution is -2.23. The van der Waals surface area contributed by atoms with Gasteiger partial charge in [-0.2, -0.15) is 15.3 Å². The highest BCUT2D eigenvalue weighted by Gasteiger charge is 2.20. The average molecular weight is 372 g/mol. The van der Waals surface area contributed by atoms with Crippen LogP contribution in [0.5, 0.6) is 0 Å². The molecule has 0 atom stereocenters. The molecule has 2 aromatic carbocycles. The fourth-order valence-corrected chi connectivity index (χ4v) is 2.98. The first-order valence-electron chi connectivity index (χ1n) is 7.87. The van der Waals surface area contributed by atoms with Gasteiger partial charge < -0.3 is 4.84 Å². The lowest BCUT2D eigenvalue weighted by molar-refractivity contribution is 0.291. The second-order valence-corrected chi connectivity index (χ2v) is 6.28. The molecule has 1 heterocycles. The number of rotatable bonds is 4. The van der Waals surface area contributed by atoms with Crippen molar-refractivity contribution in [1.29, 1.82) is 0 Å². The summed E-state index contributed by atoms with van der Waals surface area (Å²) in [6.45, 7) is 3.88. The molecule has 0 saturated carbocycles. The number of aryl methyl sites for hydroxylation is 2. The van der Waals surface area contributed by atoms with Gasteiger partial charge in [0, 0.05) is 12.6 Å². The summed E-state index contributed by atoms with van der Waals surface area (Å²) in [5.74, 6) is 5.95. The van der Waals surface area contributed by atoms with Crippen LogP contribution < -0.4 is 11.6 Å². The van der Waals surface area contributed by atoms with E-state index in [-0.39, 0.29) is 0 Å². The molecule has 0 unspecified atom stereocenters. The molecule has 0 spiro atoms. The first kappa shape index (κ1) is 17.9. The molecule has 3 aromatic rings. The Kier molecular flexibility index (Phi) is 4.92. The Morgan fingerprint density at radius 1 is 1.19 bits per heavy atom. The fourth-order valence-electron chi connectivity index (χ4n) is 2.72. The number of hydrogen-bond donors (Lipinski definition) is 1. The van der Waals surface area contributed by atoms with E-state index < -0.39 is 5.69 Å². The first-order chi connectivity index (χ1) is 12.4. The standard InChI is InChI=1S/C18H18ClN5O2/c1-11-6-4-7-13(10-11)12(2)17(26-20)16-14(19)8-5-9-15(16)24-18(25)23(3)21-22-24/h4-10H,20H2,1-3H3/b17-12+. The quantitative estimate of drug-likeness (QED) is 0.433. The van der Waals surface area contributed by atoms with Gasteiger partial charge in [-0.3, -0.25) is 0 Å². The molecule has 0 radical (unpaired) electrons. The van der Waals surface area contributed by atoms with E-state index in [4.69, 9.17) is 22.3 Å². The number of allylic oxidation sites excluding steroid dienone is 1. The molecule has 3 rings (SSSR count). The van der Waals surface area contributed by atoms with Crippen LogP contribution >= 0.6 is 11.6 Å². The highest BCUT2D eigenvalue weighted by molar-refractivity contribution is 6.33. The monoisotopic (exact) mass is 371 g/mol. The van der Waals surface area contributed by atoms with Gasteiger partial charge in [-0.15, -0.1) is 0 Å². The van der Waals surface area contributed by atoms with Crippen molar-refractivity contribution in [1.82, 2.24) is 19.8 Å². The van der Waals surface area contributed by atoms with E-state index in [9.17, 15) is 4.79 Å². The van der Waals surface area contributed by atoms with E-state index in [2.05, 4.69) is 10.4 Å². The summed E-state index contributed by atoms with van der Waals surface area (Å²) in [6, 6.07) is 13.0. The predicted molar refractivity (Wildman–Crippen MR) is 101 cm³/mol. The fraction of sp³-hybridized carbons (Fsp3) is 0.167. The van der Waals surface area contributed by atoms with E-state index in [1.54, 1.807) is 18.2 Å². The van der Waals surface area contributed by atoms with E-state index in [1.807, 2.05) is 38.1 Å². The van der Waals surface area contributed by atoms with E-state index in [0.717, 1.165) is 26.1 Å².